The van der Waals surface area contributed by atoms with Gasteiger partial charge >= 0.3 is 0 Å². The predicted molar refractivity (Wildman–Crippen MR) is 99.6 cm³/mol. The van der Waals surface area contributed by atoms with Gasteiger partial charge in [0.25, 0.3) is 5.91 Å². The number of carbonyl (C=O) groups is 1. The molecule has 2 aromatic rings. The molecule has 128 valence electrons. The standard InChI is InChI=1S/C19H26N4O/c1-4-23(5-2)13-12-20-18-11-8-16(14-21-18)19(24)22-17-9-6-15(3)7-10-17/h6-11,14H,4-5,12-13H2,1-3H3,(H,20,21)(H,22,24). The van der Waals surface area contributed by atoms with E-state index in [0.29, 0.717) is 5.56 Å². The van der Waals surface area contributed by atoms with Crippen molar-refractivity contribution in [1.29, 1.82) is 0 Å². The molecule has 0 spiro atoms. The molecule has 1 heterocycles. The lowest BCUT2D eigenvalue weighted by atomic mass is 10.2. The topological polar surface area (TPSA) is 57.3 Å². The van der Waals surface area contributed by atoms with E-state index in [-0.39, 0.29) is 5.91 Å². The van der Waals surface area contributed by atoms with Gasteiger partial charge in [-0.3, -0.25) is 4.79 Å². The SMILES string of the molecule is CCN(CC)CCNc1ccc(C(=O)Nc2ccc(C)cc2)cn1. The van der Waals surface area contributed by atoms with Crippen molar-refractivity contribution in [2.45, 2.75) is 20.8 Å². The summed E-state index contributed by atoms with van der Waals surface area (Å²) >= 11 is 0. The van der Waals surface area contributed by atoms with Gasteiger partial charge in [-0.15, -0.1) is 0 Å². The van der Waals surface area contributed by atoms with Crippen molar-refractivity contribution in [1.82, 2.24) is 9.88 Å². The van der Waals surface area contributed by atoms with Crippen LogP contribution in [-0.2, 0) is 0 Å². The van der Waals surface area contributed by atoms with Crippen molar-refractivity contribution in [3.8, 4) is 0 Å². The summed E-state index contributed by atoms with van der Waals surface area (Å²) < 4.78 is 0. The van der Waals surface area contributed by atoms with E-state index < -0.39 is 0 Å². The first-order valence-corrected chi connectivity index (χ1v) is 8.42. The summed E-state index contributed by atoms with van der Waals surface area (Å²) in [7, 11) is 0. The Morgan fingerprint density at radius 3 is 2.38 bits per heavy atom. The molecule has 2 rings (SSSR count). The number of nitrogens with zero attached hydrogens (tertiary/aromatic N) is 2. The number of hydrogen-bond acceptors (Lipinski definition) is 4. The normalized spacial score (nSPS) is 10.7. The highest BCUT2D eigenvalue weighted by Crippen LogP contribution is 2.11. The molecule has 24 heavy (non-hydrogen) atoms. The molecule has 0 aliphatic heterocycles. The minimum Gasteiger partial charge on any atom is -0.369 e. The van der Waals surface area contributed by atoms with Crippen LogP contribution >= 0.6 is 0 Å². The van der Waals surface area contributed by atoms with Crippen LogP contribution in [0.15, 0.2) is 42.6 Å². The van der Waals surface area contributed by atoms with E-state index in [1.807, 2.05) is 37.3 Å². The highest BCUT2D eigenvalue weighted by atomic mass is 16.1. The maximum Gasteiger partial charge on any atom is 0.257 e. The fourth-order valence-electron chi connectivity index (χ4n) is 2.35. The average Bonchev–Trinajstić information content (AvgIpc) is 2.61. The molecule has 5 nitrogen and oxygen atoms in total. The summed E-state index contributed by atoms with van der Waals surface area (Å²) in [5.74, 6) is 0.634. The van der Waals surface area contributed by atoms with E-state index in [9.17, 15) is 4.79 Å². The van der Waals surface area contributed by atoms with Crippen LogP contribution in [0.1, 0.15) is 29.8 Å². The van der Waals surface area contributed by atoms with Crippen LogP contribution in [-0.4, -0.2) is 42.0 Å². The van der Waals surface area contributed by atoms with Crippen LogP contribution in [0.3, 0.4) is 0 Å². The van der Waals surface area contributed by atoms with Gasteiger partial charge in [0.05, 0.1) is 5.56 Å². The molecule has 0 atom stereocenters. The number of amides is 1. The van der Waals surface area contributed by atoms with Crippen molar-refractivity contribution in [2.24, 2.45) is 0 Å². The second-order valence-corrected chi connectivity index (χ2v) is 5.71. The first-order chi connectivity index (χ1) is 11.6. The molecule has 2 N–H and O–H groups in total. The Labute approximate surface area is 144 Å². The molecule has 0 fully saturated rings. The van der Waals surface area contributed by atoms with Crippen molar-refractivity contribution >= 4 is 17.4 Å². The van der Waals surface area contributed by atoms with Crippen molar-refractivity contribution in [3.63, 3.8) is 0 Å². The van der Waals surface area contributed by atoms with Crippen LogP contribution in [0, 0.1) is 6.92 Å². The number of likely N-dealkylation sites (N-methyl/N-ethyl adjacent to an activating group) is 1. The summed E-state index contributed by atoms with van der Waals surface area (Å²) in [6.45, 7) is 10.2. The highest BCUT2D eigenvalue weighted by Gasteiger charge is 2.07. The van der Waals surface area contributed by atoms with Gasteiger partial charge in [-0.25, -0.2) is 4.98 Å². The average molecular weight is 326 g/mol. The molecule has 0 aliphatic rings. The number of carbonyl (C=O) groups excluding carboxylic acids is 1. The molecular weight excluding hydrogens is 300 g/mol. The highest BCUT2D eigenvalue weighted by molar-refractivity contribution is 6.04. The first kappa shape index (κ1) is 17.9. The molecule has 0 saturated heterocycles. The van der Waals surface area contributed by atoms with Crippen LogP contribution in [0.5, 0.6) is 0 Å². The zero-order valence-corrected chi connectivity index (χ0v) is 14.7. The van der Waals surface area contributed by atoms with E-state index in [4.69, 9.17) is 0 Å². The van der Waals surface area contributed by atoms with Gasteiger partial charge < -0.3 is 15.5 Å². The lowest BCUT2D eigenvalue weighted by Gasteiger charge is -2.18. The fourth-order valence-corrected chi connectivity index (χ4v) is 2.35. The molecule has 5 heteroatoms. The number of anilines is 2. The number of nitrogens with one attached hydrogen (secondary N) is 2. The van der Waals surface area contributed by atoms with Crippen molar-refractivity contribution < 1.29 is 4.79 Å². The molecule has 0 radical (unpaired) electrons. The summed E-state index contributed by atoms with van der Waals surface area (Å²) in [5.41, 5.74) is 2.49. The quantitative estimate of drug-likeness (QED) is 0.781. The molecule has 0 unspecified atom stereocenters. The zero-order valence-electron chi connectivity index (χ0n) is 14.7. The fraction of sp³-hybridized carbons (Fsp3) is 0.368. The number of pyridine rings is 1. The molecule has 0 aliphatic carbocycles. The molecule has 1 aromatic heterocycles. The Kier molecular flexibility index (Phi) is 6.75. The minimum absolute atomic E-state index is 0.152. The zero-order chi connectivity index (χ0) is 17.4. The van der Waals surface area contributed by atoms with Gasteiger partial charge in [-0.05, 0) is 44.3 Å². The summed E-state index contributed by atoms with van der Waals surface area (Å²) in [6.07, 6.45) is 1.60. The predicted octanol–water partition coefficient (Wildman–Crippen LogP) is 3.40. The minimum atomic E-state index is -0.152. The van der Waals surface area contributed by atoms with Gasteiger partial charge in [0.15, 0.2) is 0 Å². The summed E-state index contributed by atoms with van der Waals surface area (Å²) in [4.78, 5) is 18.9. The van der Waals surface area contributed by atoms with E-state index in [2.05, 4.69) is 34.4 Å². The third-order valence-electron chi connectivity index (χ3n) is 3.96. The Morgan fingerprint density at radius 1 is 1.08 bits per heavy atom. The lowest BCUT2D eigenvalue weighted by Crippen LogP contribution is -2.28. The maximum atomic E-state index is 12.2. The van der Waals surface area contributed by atoms with Crippen molar-refractivity contribution in [3.05, 3.63) is 53.7 Å². The number of aryl methyl sites for hydroxylation is 1. The monoisotopic (exact) mass is 326 g/mol. The molecular formula is C19H26N4O. The second kappa shape index (κ2) is 9.03. The van der Waals surface area contributed by atoms with E-state index in [0.717, 1.165) is 43.2 Å². The number of rotatable bonds is 8. The lowest BCUT2D eigenvalue weighted by molar-refractivity contribution is 0.102. The molecule has 1 aromatic carbocycles. The summed E-state index contributed by atoms with van der Waals surface area (Å²) in [6, 6.07) is 11.4. The van der Waals surface area contributed by atoms with Gasteiger partial charge in [0.2, 0.25) is 0 Å². The van der Waals surface area contributed by atoms with Gasteiger partial charge in [0.1, 0.15) is 5.82 Å². The Morgan fingerprint density at radius 2 is 1.79 bits per heavy atom. The second-order valence-electron chi connectivity index (χ2n) is 5.71. The Hall–Kier alpha value is -2.40. The smallest absolute Gasteiger partial charge is 0.257 e. The van der Waals surface area contributed by atoms with Gasteiger partial charge in [-0.2, -0.15) is 0 Å². The van der Waals surface area contributed by atoms with Gasteiger partial charge in [0, 0.05) is 25.0 Å². The Balaban J connectivity index is 1.86. The molecule has 0 saturated carbocycles. The molecule has 0 bridgehead atoms. The Bertz CT molecular complexity index is 633. The third-order valence-corrected chi connectivity index (χ3v) is 3.96. The number of benzene rings is 1. The van der Waals surface area contributed by atoms with Crippen LogP contribution in [0.2, 0.25) is 0 Å². The van der Waals surface area contributed by atoms with Crippen LogP contribution in [0.4, 0.5) is 11.5 Å². The van der Waals surface area contributed by atoms with E-state index >= 15 is 0 Å². The number of hydrogen-bond donors (Lipinski definition) is 2. The van der Waals surface area contributed by atoms with E-state index in [1.54, 1.807) is 12.3 Å². The van der Waals surface area contributed by atoms with Gasteiger partial charge in [-0.1, -0.05) is 31.5 Å². The van der Waals surface area contributed by atoms with Crippen LogP contribution < -0.4 is 10.6 Å². The first-order valence-electron chi connectivity index (χ1n) is 8.42. The summed E-state index contributed by atoms with van der Waals surface area (Å²) in [5, 5.41) is 6.15. The third kappa shape index (κ3) is 5.35. The number of aromatic nitrogens is 1. The maximum absolute atomic E-state index is 12.2. The molecule has 1 amide bonds. The van der Waals surface area contributed by atoms with Crippen LogP contribution in [0.25, 0.3) is 0 Å². The van der Waals surface area contributed by atoms with Crippen molar-refractivity contribution in [2.75, 3.05) is 36.8 Å². The largest absolute Gasteiger partial charge is 0.369 e. The van der Waals surface area contributed by atoms with E-state index in [1.165, 1.54) is 0 Å².